The number of nitrogens with zero attached hydrogens (tertiary/aromatic N) is 3. The second-order valence-electron chi connectivity index (χ2n) is 10.7. The van der Waals surface area contributed by atoms with Gasteiger partial charge in [-0.05, 0) is 61.1 Å². The highest BCUT2D eigenvalue weighted by atomic mass is 19.1. The topological polar surface area (TPSA) is 137 Å². The van der Waals surface area contributed by atoms with E-state index in [1.807, 2.05) is 6.92 Å². The van der Waals surface area contributed by atoms with Gasteiger partial charge in [0.15, 0.2) is 0 Å². The quantitative estimate of drug-likeness (QED) is 0.248. The third kappa shape index (κ3) is 8.37. The molecule has 1 saturated heterocycles. The first-order valence-electron chi connectivity index (χ1n) is 14.0. The highest BCUT2D eigenvalue weighted by molar-refractivity contribution is 5.99. The average molecular weight is 563 g/mol. The van der Waals surface area contributed by atoms with Crippen LogP contribution in [0.4, 0.5) is 26.5 Å². The van der Waals surface area contributed by atoms with Gasteiger partial charge in [0.25, 0.3) is 5.91 Å². The Balaban J connectivity index is 1.37. The first-order valence-corrected chi connectivity index (χ1v) is 14.0. The fourth-order valence-electron chi connectivity index (χ4n) is 5.17. The summed E-state index contributed by atoms with van der Waals surface area (Å²) in [5, 5.41) is 11.3. The molecule has 2 aromatic heterocycles. The van der Waals surface area contributed by atoms with Crippen LogP contribution < -0.4 is 27.0 Å². The van der Waals surface area contributed by atoms with Gasteiger partial charge >= 0.3 is 6.03 Å². The predicted molar refractivity (Wildman–Crippen MR) is 160 cm³/mol. The Morgan fingerprint density at radius 2 is 1.85 bits per heavy atom. The standard InChI is InChI=1S/C30H39FN8O2/c1-4-33-28-23(29(40)34-11-12-39-17-19(2)13-20(3)18-39)7-9-25(37-28)22-6-8-26(24(31)14-22)38-30(41)36-16-21-5-10-27(32)35-15-21/h5-10,14-15,19-20H,4,11-13,16-18H2,1-3H3,(H2,32,35)(H,33,37)(H,34,40)(H2,36,38,41)/t19-,20+. The minimum atomic E-state index is -0.609. The molecule has 2 atom stereocenters. The molecule has 3 aromatic rings. The van der Waals surface area contributed by atoms with Crippen LogP contribution in [0.25, 0.3) is 11.3 Å². The van der Waals surface area contributed by atoms with Crippen molar-refractivity contribution < 1.29 is 14.0 Å². The van der Waals surface area contributed by atoms with Gasteiger partial charge in [-0.15, -0.1) is 0 Å². The summed E-state index contributed by atoms with van der Waals surface area (Å²) in [5.41, 5.74) is 7.81. The molecule has 0 unspecified atom stereocenters. The molecular formula is C30H39FN8O2. The summed E-state index contributed by atoms with van der Waals surface area (Å²) in [6.07, 6.45) is 2.81. The highest BCUT2D eigenvalue weighted by Gasteiger charge is 2.22. The fraction of sp³-hybridized carbons (Fsp3) is 0.400. The second-order valence-corrected chi connectivity index (χ2v) is 10.7. The number of piperidine rings is 1. The molecule has 0 saturated carbocycles. The number of nitrogens with two attached hydrogens (primary N) is 1. The van der Waals surface area contributed by atoms with Gasteiger partial charge in [0.2, 0.25) is 0 Å². The molecule has 1 fully saturated rings. The van der Waals surface area contributed by atoms with E-state index in [1.54, 1.807) is 36.5 Å². The van der Waals surface area contributed by atoms with E-state index in [0.717, 1.165) is 25.2 Å². The van der Waals surface area contributed by atoms with E-state index in [2.05, 4.69) is 50.0 Å². The summed E-state index contributed by atoms with van der Waals surface area (Å²) in [7, 11) is 0. The molecule has 1 aliphatic heterocycles. The van der Waals surface area contributed by atoms with Crippen LogP contribution in [0, 0.1) is 17.7 Å². The summed E-state index contributed by atoms with van der Waals surface area (Å²) in [6.45, 7) is 10.7. The van der Waals surface area contributed by atoms with Gasteiger partial charge in [-0.3, -0.25) is 4.79 Å². The molecule has 4 rings (SSSR count). The van der Waals surface area contributed by atoms with Crippen LogP contribution >= 0.6 is 0 Å². The largest absolute Gasteiger partial charge is 0.384 e. The van der Waals surface area contributed by atoms with Crippen LogP contribution in [0.3, 0.4) is 0 Å². The number of pyridine rings is 2. The number of anilines is 3. The van der Waals surface area contributed by atoms with Gasteiger partial charge in [-0.25, -0.2) is 19.2 Å². The average Bonchev–Trinajstić information content (AvgIpc) is 2.93. The maximum absolute atomic E-state index is 14.9. The van der Waals surface area contributed by atoms with Crippen molar-refractivity contribution in [1.82, 2.24) is 25.5 Å². The zero-order valence-electron chi connectivity index (χ0n) is 23.8. The molecule has 1 aliphatic rings. The lowest BCUT2D eigenvalue weighted by atomic mass is 9.92. The number of carbonyl (C=O) groups is 2. The Hall–Kier alpha value is -4.25. The molecule has 3 heterocycles. The normalized spacial score (nSPS) is 17.1. The van der Waals surface area contributed by atoms with E-state index in [-0.39, 0.29) is 18.1 Å². The number of amides is 3. The van der Waals surface area contributed by atoms with Gasteiger partial charge in [-0.2, -0.15) is 0 Å². The van der Waals surface area contributed by atoms with E-state index < -0.39 is 11.8 Å². The number of carbonyl (C=O) groups excluding carboxylic acids is 2. The molecule has 11 heteroatoms. The van der Waals surface area contributed by atoms with E-state index in [1.165, 1.54) is 18.6 Å². The molecule has 0 aliphatic carbocycles. The van der Waals surface area contributed by atoms with Crippen molar-refractivity contribution in [1.29, 1.82) is 0 Å². The third-order valence-electron chi connectivity index (χ3n) is 6.96. The number of urea groups is 1. The Morgan fingerprint density at radius 1 is 1.07 bits per heavy atom. The van der Waals surface area contributed by atoms with Crippen molar-refractivity contribution in [2.24, 2.45) is 11.8 Å². The van der Waals surface area contributed by atoms with Crippen molar-refractivity contribution in [3.8, 4) is 11.3 Å². The molecule has 3 amide bonds. The number of hydrogen-bond donors (Lipinski definition) is 5. The fourth-order valence-corrected chi connectivity index (χ4v) is 5.17. The number of aromatic nitrogens is 2. The summed E-state index contributed by atoms with van der Waals surface area (Å²) in [5.74, 6) is 1.33. The van der Waals surface area contributed by atoms with E-state index in [0.29, 0.717) is 53.4 Å². The summed E-state index contributed by atoms with van der Waals surface area (Å²) in [6, 6.07) is 10.7. The SMILES string of the molecule is CCNc1nc(-c2ccc(NC(=O)NCc3ccc(N)nc3)c(F)c2)ccc1C(=O)NCCN1C[C@H](C)C[C@H](C)C1. The number of benzene rings is 1. The molecule has 0 radical (unpaired) electrons. The molecule has 218 valence electrons. The number of nitrogens with one attached hydrogen (secondary N) is 4. The lowest BCUT2D eigenvalue weighted by Gasteiger charge is -2.34. The second kappa shape index (κ2) is 13.9. The van der Waals surface area contributed by atoms with Gasteiger partial charge < -0.3 is 31.9 Å². The van der Waals surface area contributed by atoms with Crippen molar-refractivity contribution in [2.75, 3.05) is 49.1 Å². The highest BCUT2D eigenvalue weighted by Crippen LogP contribution is 2.26. The van der Waals surface area contributed by atoms with Gasteiger partial charge in [0.1, 0.15) is 17.5 Å². The molecule has 6 N–H and O–H groups in total. The molecule has 41 heavy (non-hydrogen) atoms. The molecular weight excluding hydrogens is 523 g/mol. The van der Waals surface area contributed by atoms with Crippen LogP contribution in [0.1, 0.15) is 43.1 Å². The van der Waals surface area contributed by atoms with Gasteiger partial charge in [0.05, 0.1) is 16.9 Å². The number of nitrogen functional groups attached to an aromatic ring is 1. The Morgan fingerprint density at radius 3 is 2.54 bits per heavy atom. The number of likely N-dealkylation sites (tertiary alicyclic amines) is 1. The molecule has 0 bridgehead atoms. The molecule has 1 aromatic carbocycles. The van der Waals surface area contributed by atoms with Gasteiger partial charge in [-0.1, -0.05) is 26.0 Å². The maximum atomic E-state index is 14.9. The predicted octanol–water partition coefficient (Wildman–Crippen LogP) is 4.33. The number of rotatable bonds is 10. The lowest BCUT2D eigenvalue weighted by molar-refractivity contribution is 0.0937. The van der Waals surface area contributed by atoms with Crippen LogP contribution in [0.2, 0.25) is 0 Å². The lowest BCUT2D eigenvalue weighted by Crippen LogP contribution is -2.43. The van der Waals surface area contributed by atoms with E-state index in [4.69, 9.17) is 5.73 Å². The van der Waals surface area contributed by atoms with Gasteiger partial charge in [0, 0.05) is 51.0 Å². The number of hydrogen-bond acceptors (Lipinski definition) is 7. The van der Waals surface area contributed by atoms with E-state index >= 15 is 0 Å². The third-order valence-corrected chi connectivity index (χ3v) is 6.96. The Bertz CT molecular complexity index is 1340. The molecule has 10 nitrogen and oxygen atoms in total. The first-order chi connectivity index (χ1) is 19.7. The van der Waals surface area contributed by atoms with Crippen LogP contribution in [0.15, 0.2) is 48.7 Å². The summed E-state index contributed by atoms with van der Waals surface area (Å²) in [4.78, 5) is 36.3. The van der Waals surface area contributed by atoms with Crippen molar-refractivity contribution in [3.05, 3.63) is 65.6 Å². The van der Waals surface area contributed by atoms with Crippen molar-refractivity contribution in [3.63, 3.8) is 0 Å². The maximum Gasteiger partial charge on any atom is 0.319 e. The van der Waals surface area contributed by atoms with Crippen LogP contribution in [0.5, 0.6) is 0 Å². The van der Waals surface area contributed by atoms with Crippen molar-refractivity contribution in [2.45, 2.75) is 33.7 Å². The smallest absolute Gasteiger partial charge is 0.319 e. The number of halogens is 1. The monoisotopic (exact) mass is 562 g/mol. The summed E-state index contributed by atoms with van der Waals surface area (Å²) < 4.78 is 14.9. The van der Waals surface area contributed by atoms with E-state index in [9.17, 15) is 14.0 Å². The zero-order chi connectivity index (χ0) is 29.4. The zero-order valence-corrected chi connectivity index (χ0v) is 23.8. The van der Waals surface area contributed by atoms with Crippen molar-refractivity contribution >= 4 is 29.3 Å². The summed E-state index contributed by atoms with van der Waals surface area (Å²) >= 11 is 0. The minimum absolute atomic E-state index is 0.0297. The minimum Gasteiger partial charge on any atom is -0.384 e. The Kier molecular flexibility index (Phi) is 10.1. The molecule has 0 spiro atoms. The van der Waals surface area contributed by atoms with Crippen LogP contribution in [-0.2, 0) is 6.54 Å². The van der Waals surface area contributed by atoms with Crippen LogP contribution in [-0.4, -0.2) is 59.5 Å². The Labute approximate surface area is 240 Å². The first kappa shape index (κ1) is 29.7.